The Kier molecular flexibility index (Phi) is 8.48. The van der Waals surface area contributed by atoms with Gasteiger partial charge in [0.05, 0.1) is 13.2 Å². The van der Waals surface area contributed by atoms with E-state index in [-0.39, 0.29) is 12.0 Å². The van der Waals surface area contributed by atoms with E-state index in [0.717, 1.165) is 16.7 Å². The van der Waals surface area contributed by atoms with Crippen molar-refractivity contribution in [1.82, 2.24) is 9.80 Å². The number of para-hydroxylation sites is 1. The molecule has 0 aromatic heterocycles. The van der Waals surface area contributed by atoms with Crippen LogP contribution in [0.15, 0.2) is 66.7 Å². The number of carbonyl (C=O) groups excluding carboxylic acids is 2. The molecule has 1 atom stereocenters. The summed E-state index contributed by atoms with van der Waals surface area (Å²) in [5, 5.41) is 0. The summed E-state index contributed by atoms with van der Waals surface area (Å²) in [5.74, 6) is 1.86. The van der Waals surface area contributed by atoms with Gasteiger partial charge in [0.15, 0.2) is 11.5 Å². The van der Waals surface area contributed by atoms with Crippen molar-refractivity contribution in [3.05, 3.63) is 89.0 Å². The van der Waals surface area contributed by atoms with E-state index in [0.29, 0.717) is 48.9 Å². The van der Waals surface area contributed by atoms with Crippen molar-refractivity contribution in [2.24, 2.45) is 0 Å². The van der Waals surface area contributed by atoms with Gasteiger partial charge in [-0.15, -0.1) is 0 Å². The number of fused-ring (bicyclic) bond motifs is 1. The molecular formula is C32H38N2O5. The van der Waals surface area contributed by atoms with Crippen LogP contribution in [0.5, 0.6) is 17.2 Å². The fourth-order valence-electron chi connectivity index (χ4n) is 4.86. The molecule has 0 aliphatic carbocycles. The van der Waals surface area contributed by atoms with Crippen LogP contribution in [0, 0.1) is 0 Å². The standard InChI is InChI=1S/C32H38N2O5/c1-7-33(8-2)30(35)23-16-14-22(15-17-23)29-26-21-28(38-25-12-10-9-11-13-25)27(37-6)20-24(26)18-19-34(29)31(36)39-32(3,4)5/h9-17,20-21,29H,7-8,18-19H2,1-6H3. The minimum Gasteiger partial charge on any atom is -0.493 e. The Morgan fingerprint density at radius 3 is 2.21 bits per heavy atom. The Morgan fingerprint density at radius 1 is 0.949 bits per heavy atom. The molecule has 0 bridgehead atoms. The monoisotopic (exact) mass is 530 g/mol. The molecule has 39 heavy (non-hydrogen) atoms. The maximum absolute atomic E-state index is 13.4. The Labute approximate surface area is 231 Å². The number of nitrogens with zero attached hydrogens (tertiary/aromatic N) is 2. The molecule has 7 nitrogen and oxygen atoms in total. The summed E-state index contributed by atoms with van der Waals surface area (Å²) < 4.78 is 17.7. The molecule has 1 heterocycles. The molecule has 7 heteroatoms. The van der Waals surface area contributed by atoms with E-state index in [1.807, 2.05) is 101 Å². The molecule has 3 aromatic rings. The van der Waals surface area contributed by atoms with Gasteiger partial charge < -0.3 is 19.1 Å². The lowest BCUT2D eigenvalue weighted by Crippen LogP contribution is -2.43. The van der Waals surface area contributed by atoms with Crippen molar-refractivity contribution in [2.45, 2.75) is 52.7 Å². The van der Waals surface area contributed by atoms with Gasteiger partial charge in [-0.2, -0.15) is 0 Å². The van der Waals surface area contributed by atoms with Gasteiger partial charge >= 0.3 is 6.09 Å². The third-order valence-electron chi connectivity index (χ3n) is 6.78. The quantitative estimate of drug-likeness (QED) is 0.334. The molecule has 4 rings (SSSR count). The summed E-state index contributed by atoms with van der Waals surface area (Å²) in [6, 6.07) is 20.6. The predicted octanol–water partition coefficient (Wildman–Crippen LogP) is 6.85. The molecule has 0 fully saturated rings. The van der Waals surface area contributed by atoms with E-state index in [9.17, 15) is 9.59 Å². The predicted molar refractivity (Wildman–Crippen MR) is 152 cm³/mol. The van der Waals surface area contributed by atoms with E-state index in [1.165, 1.54) is 0 Å². The van der Waals surface area contributed by atoms with Crippen LogP contribution in [0.1, 0.15) is 67.7 Å². The number of carbonyl (C=O) groups is 2. The first-order valence-corrected chi connectivity index (χ1v) is 13.5. The SMILES string of the molecule is CCN(CC)C(=O)c1ccc(C2c3cc(Oc4ccccc4)c(OC)cc3CCN2C(=O)OC(C)(C)C)cc1. The maximum atomic E-state index is 13.4. The van der Waals surface area contributed by atoms with E-state index >= 15 is 0 Å². The van der Waals surface area contributed by atoms with Gasteiger partial charge in [0.1, 0.15) is 11.4 Å². The van der Waals surface area contributed by atoms with Crippen LogP contribution in [0.4, 0.5) is 4.79 Å². The average molecular weight is 531 g/mol. The third kappa shape index (κ3) is 6.36. The van der Waals surface area contributed by atoms with Crippen molar-refractivity contribution in [3.63, 3.8) is 0 Å². The zero-order chi connectivity index (χ0) is 28.2. The lowest BCUT2D eigenvalue weighted by molar-refractivity contribution is 0.0177. The van der Waals surface area contributed by atoms with Gasteiger partial charge in [0, 0.05) is 25.2 Å². The highest BCUT2D eigenvalue weighted by Gasteiger charge is 2.36. The number of benzene rings is 3. The van der Waals surface area contributed by atoms with Gasteiger partial charge in [0.25, 0.3) is 5.91 Å². The lowest BCUT2D eigenvalue weighted by Gasteiger charge is -2.38. The van der Waals surface area contributed by atoms with Crippen LogP contribution in [0.25, 0.3) is 0 Å². The van der Waals surface area contributed by atoms with Gasteiger partial charge in [-0.1, -0.05) is 30.3 Å². The molecule has 0 N–H and O–H groups in total. The molecule has 0 saturated heterocycles. The Bertz CT molecular complexity index is 1290. The molecule has 2 amide bonds. The summed E-state index contributed by atoms with van der Waals surface area (Å²) >= 11 is 0. The fourth-order valence-corrected chi connectivity index (χ4v) is 4.86. The normalized spacial score (nSPS) is 14.8. The first kappa shape index (κ1) is 28.0. The molecule has 1 aliphatic heterocycles. The number of methoxy groups -OCH3 is 1. The van der Waals surface area contributed by atoms with Crippen molar-refractivity contribution >= 4 is 12.0 Å². The van der Waals surface area contributed by atoms with Crippen LogP contribution < -0.4 is 9.47 Å². The molecule has 206 valence electrons. The van der Waals surface area contributed by atoms with Crippen LogP contribution in [0.2, 0.25) is 0 Å². The average Bonchev–Trinajstić information content (AvgIpc) is 2.92. The highest BCUT2D eigenvalue weighted by Crippen LogP contribution is 2.43. The van der Waals surface area contributed by atoms with Crippen LogP contribution in [-0.4, -0.2) is 54.1 Å². The molecular weight excluding hydrogens is 492 g/mol. The Balaban J connectivity index is 1.79. The highest BCUT2D eigenvalue weighted by molar-refractivity contribution is 5.94. The van der Waals surface area contributed by atoms with Crippen LogP contribution in [0.3, 0.4) is 0 Å². The van der Waals surface area contributed by atoms with E-state index in [4.69, 9.17) is 14.2 Å². The van der Waals surface area contributed by atoms with Crippen LogP contribution >= 0.6 is 0 Å². The van der Waals surface area contributed by atoms with Crippen molar-refractivity contribution < 1.29 is 23.8 Å². The first-order chi connectivity index (χ1) is 18.6. The molecule has 3 aromatic carbocycles. The topological polar surface area (TPSA) is 68.3 Å². The summed E-state index contributed by atoms with van der Waals surface area (Å²) in [5.41, 5.74) is 2.87. The molecule has 1 aliphatic rings. The van der Waals surface area contributed by atoms with Gasteiger partial charge in [-0.05, 0) is 94.1 Å². The van der Waals surface area contributed by atoms with E-state index in [2.05, 4.69) is 0 Å². The first-order valence-electron chi connectivity index (χ1n) is 13.5. The van der Waals surface area contributed by atoms with Crippen molar-refractivity contribution in [2.75, 3.05) is 26.7 Å². The minimum atomic E-state index is -0.635. The lowest BCUT2D eigenvalue weighted by atomic mass is 9.87. The third-order valence-corrected chi connectivity index (χ3v) is 6.78. The zero-order valence-corrected chi connectivity index (χ0v) is 23.7. The van der Waals surface area contributed by atoms with Gasteiger partial charge in [0.2, 0.25) is 0 Å². The van der Waals surface area contributed by atoms with Crippen LogP contribution in [-0.2, 0) is 11.2 Å². The minimum absolute atomic E-state index is 0.0112. The van der Waals surface area contributed by atoms with Crippen molar-refractivity contribution in [3.8, 4) is 17.2 Å². The molecule has 0 spiro atoms. The van der Waals surface area contributed by atoms with Gasteiger partial charge in [-0.25, -0.2) is 4.79 Å². The van der Waals surface area contributed by atoms with E-state index in [1.54, 1.807) is 16.9 Å². The smallest absolute Gasteiger partial charge is 0.411 e. The zero-order valence-electron chi connectivity index (χ0n) is 23.7. The van der Waals surface area contributed by atoms with E-state index < -0.39 is 11.6 Å². The second kappa shape index (κ2) is 11.8. The number of ether oxygens (including phenoxy) is 3. The largest absolute Gasteiger partial charge is 0.493 e. The fraction of sp³-hybridized carbons (Fsp3) is 0.375. The highest BCUT2D eigenvalue weighted by atomic mass is 16.6. The van der Waals surface area contributed by atoms with Gasteiger partial charge in [-0.3, -0.25) is 9.69 Å². The number of hydrogen-bond acceptors (Lipinski definition) is 5. The second-order valence-corrected chi connectivity index (χ2v) is 10.5. The van der Waals surface area contributed by atoms with Crippen molar-refractivity contribution in [1.29, 1.82) is 0 Å². The summed E-state index contributed by atoms with van der Waals surface area (Å²) in [4.78, 5) is 29.9. The summed E-state index contributed by atoms with van der Waals surface area (Å²) in [6.07, 6.45) is 0.258. The number of amides is 2. The number of rotatable bonds is 7. The Morgan fingerprint density at radius 2 is 1.62 bits per heavy atom. The molecule has 0 saturated carbocycles. The summed E-state index contributed by atoms with van der Waals surface area (Å²) in [6.45, 7) is 11.3. The number of hydrogen-bond donors (Lipinski definition) is 0. The molecule has 0 radical (unpaired) electrons. The second-order valence-electron chi connectivity index (χ2n) is 10.5. The molecule has 1 unspecified atom stereocenters. The maximum Gasteiger partial charge on any atom is 0.411 e. The Hall–Kier alpha value is -4.00. The summed E-state index contributed by atoms with van der Waals surface area (Å²) in [7, 11) is 1.62.